The summed E-state index contributed by atoms with van der Waals surface area (Å²) in [6, 6.07) is 0. The fourth-order valence-electron chi connectivity index (χ4n) is 0.920. The van der Waals surface area contributed by atoms with Crippen LogP contribution < -0.4 is 4.74 Å². The fourth-order valence-corrected chi connectivity index (χ4v) is 0.920. The van der Waals surface area contributed by atoms with Crippen molar-refractivity contribution in [2.75, 3.05) is 0 Å². The molecule has 2 rings (SSSR count). The molecule has 0 aliphatic carbocycles. The molecule has 0 radical (unpaired) electrons. The van der Waals surface area contributed by atoms with Crippen LogP contribution in [0.25, 0.3) is 0 Å². The van der Waals surface area contributed by atoms with E-state index in [2.05, 4.69) is 16.5 Å². The largest absolute Gasteiger partial charge is 0.442 e. The van der Waals surface area contributed by atoms with E-state index in [4.69, 9.17) is 4.74 Å². The second-order valence-corrected chi connectivity index (χ2v) is 2.13. The first kappa shape index (κ1) is 5.41. The number of allylic oxidation sites excluding steroid dienone is 1. The van der Waals surface area contributed by atoms with Crippen LogP contribution in [0.5, 0.6) is 5.88 Å². The molecule has 2 heterocycles. The van der Waals surface area contributed by atoms with Crippen LogP contribution in [0.4, 0.5) is 0 Å². The maximum absolute atomic E-state index is 5.14. The average molecular weight is 134 g/mol. The van der Waals surface area contributed by atoms with E-state index in [-0.39, 0.29) is 0 Å². The summed E-state index contributed by atoms with van der Waals surface area (Å²) in [5.74, 6) is 1.33. The fraction of sp³-hybridized carbons (Fsp3) is 0.143. The molecule has 0 saturated heterocycles. The molecular weight excluding hydrogens is 128 g/mol. The third kappa shape index (κ3) is 0.673. The summed E-state index contributed by atoms with van der Waals surface area (Å²) >= 11 is 0. The zero-order valence-corrected chi connectivity index (χ0v) is 5.37. The molecule has 0 bridgehead atoms. The summed E-state index contributed by atoms with van der Waals surface area (Å²) in [5.41, 5.74) is 0.882. The summed E-state index contributed by atoms with van der Waals surface area (Å²) in [4.78, 5) is 8.03. The monoisotopic (exact) mass is 134 g/mol. The van der Waals surface area contributed by atoms with Gasteiger partial charge >= 0.3 is 0 Å². The third-order valence-electron chi connectivity index (χ3n) is 1.34. The van der Waals surface area contributed by atoms with E-state index in [1.165, 1.54) is 0 Å². The lowest BCUT2D eigenvalue weighted by molar-refractivity contribution is 0.433. The first-order valence-electron chi connectivity index (χ1n) is 3.02. The van der Waals surface area contributed by atoms with Crippen molar-refractivity contribution in [1.82, 2.24) is 9.97 Å². The van der Waals surface area contributed by atoms with Crippen molar-refractivity contribution in [3.05, 3.63) is 30.4 Å². The van der Waals surface area contributed by atoms with Crippen molar-refractivity contribution in [3.8, 4) is 5.88 Å². The molecule has 0 saturated carbocycles. The highest BCUT2D eigenvalue weighted by Gasteiger charge is 2.16. The van der Waals surface area contributed by atoms with E-state index in [1.54, 1.807) is 12.4 Å². The van der Waals surface area contributed by atoms with E-state index < -0.39 is 0 Å². The van der Waals surface area contributed by atoms with Crippen molar-refractivity contribution in [1.29, 1.82) is 0 Å². The van der Waals surface area contributed by atoms with Gasteiger partial charge in [0, 0.05) is 12.4 Å². The maximum Gasteiger partial charge on any atom is 0.241 e. The van der Waals surface area contributed by atoms with Crippen molar-refractivity contribution in [3.63, 3.8) is 0 Å². The summed E-state index contributed by atoms with van der Waals surface area (Å²) in [6.07, 6.45) is 3.96. The van der Waals surface area contributed by atoms with Gasteiger partial charge in [-0.25, -0.2) is 4.98 Å². The quantitative estimate of drug-likeness (QED) is 0.529. The Kier molecular flexibility index (Phi) is 0.974. The molecule has 1 aliphatic rings. The highest BCUT2D eigenvalue weighted by Crippen LogP contribution is 2.24. The third-order valence-corrected chi connectivity index (χ3v) is 1.34. The van der Waals surface area contributed by atoms with Gasteiger partial charge in [0.05, 0.1) is 6.42 Å². The van der Waals surface area contributed by atoms with E-state index in [9.17, 15) is 0 Å². The Morgan fingerprint density at radius 3 is 3.00 bits per heavy atom. The lowest BCUT2D eigenvalue weighted by atomic mass is 10.3. The van der Waals surface area contributed by atoms with Gasteiger partial charge in [-0.1, -0.05) is 6.58 Å². The molecule has 50 valence electrons. The predicted octanol–water partition coefficient (Wildman–Crippen LogP) is 0.925. The Bertz CT molecular complexity index is 256. The molecule has 0 spiro atoms. The standard InChI is InChI=1S/C7H6N2O/c1-5-4-6-7(10-5)9-3-2-8-6/h2-3H,1,4H2. The van der Waals surface area contributed by atoms with Gasteiger partial charge in [0.2, 0.25) is 5.88 Å². The minimum absolute atomic E-state index is 0.604. The molecular formula is C7H6N2O. The van der Waals surface area contributed by atoms with Crippen LogP contribution in [0.1, 0.15) is 5.69 Å². The molecule has 1 aliphatic heterocycles. The maximum atomic E-state index is 5.14. The molecule has 0 unspecified atom stereocenters. The van der Waals surface area contributed by atoms with E-state index >= 15 is 0 Å². The van der Waals surface area contributed by atoms with Crippen LogP contribution >= 0.6 is 0 Å². The minimum Gasteiger partial charge on any atom is -0.442 e. The van der Waals surface area contributed by atoms with Gasteiger partial charge in [0.15, 0.2) is 0 Å². The smallest absolute Gasteiger partial charge is 0.241 e. The van der Waals surface area contributed by atoms with Gasteiger partial charge in [0.1, 0.15) is 11.5 Å². The molecule has 3 nitrogen and oxygen atoms in total. The Balaban J connectivity index is 2.51. The van der Waals surface area contributed by atoms with Crippen molar-refractivity contribution in [2.45, 2.75) is 6.42 Å². The van der Waals surface area contributed by atoms with Crippen LogP contribution in [0.15, 0.2) is 24.7 Å². The van der Waals surface area contributed by atoms with E-state index in [1.807, 2.05) is 0 Å². The van der Waals surface area contributed by atoms with Gasteiger partial charge < -0.3 is 4.74 Å². The van der Waals surface area contributed by atoms with Crippen LogP contribution in [0, 0.1) is 0 Å². The van der Waals surface area contributed by atoms with Crippen LogP contribution in [-0.2, 0) is 6.42 Å². The number of fused-ring (bicyclic) bond motifs is 1. The number of nitrogens with zero attached hydrogens (tertiary/aromatic N) is 2. The number of hydrogen-bond acceptors (Lipinski definition) is 3. The van der Waals surface area contributed by atoms with E-state index in [0.717, 1.165) is 11.5 Å². The first-order valence-corrected chi connectivity index (χ1v) is 3.02. The Morgan fingerprint density at radius 1 is 1.40 bits per heavy atom. The van der Waals surface area contributed by atoms with Crippen molar-refractivity contribution >= 4 is 0 Å². The zero-order chi connectivity index (χ0) is 6.97. The summed E-state index contributed by atoms with van der Waals surface area (Å²) in [7, 11) is 0. The van der Waals surface area contributed by atoms with Crippen molar-refractivity contribution < 1.29 is 4.74 Å². The Hall–Kier alpha value is -1.38. The van der Waals surface area contributed by atoms with Crippen LogP contribution in [0.2, 0.25) is 0 Å². The predicted molar refractivity (Wildman–Crippen MR) is 35.5 cm³/mol. The molecule has 10 heavy (non-hydrogen) atoms. The molecule has 0 fully saturated rings. The average Bonchev–Trinajstić information content (AvgIpc) is 2.27. The normalized spacial score (nSPS) is 14.6. The van der Waals surface area contributed by atoms with Gasteiger partial charge in [-0.05, 0) is 0 Å². The van der Waals surface area contributed by atoms with Gasteiger partial charge in [-0.3, -0.25) is 4.98 Å². The molecule has 1 aromatic heterocycles. The van der Waals surface area contributed by atoms with Crippen LogP contribution in [0.3, 0.4) is 0 Å². The number of aromatic nitrogens is 2. The number of hydrogen-bond donors (Lipinski definition) is 0. The summed E-state index contributed by atoms with van der Waals surface area (Å²) < 4.78 is 5.14. The molecule has 3 heteroatoms. The second kappa shape index (κ2) is 1.80. The molecule has 0 N–H and O–H groups in total. The second-order valence-electron chi connectivity index (χ2n) is 2.13. The van der Waals surface area contributed by atoms with Crippen LogP contribution in [-0.4, -0.2) is 9.97 Å². The lowest BCUT2D eigenvalue weighted by Gasteiger charge is -1.92. The Morgan fingerprint density at radius 2 is 2.20 bits per heavy atom. The minimum atomic E-state index is 0.604. The topological polar surface area (TPSA) is 35.0 Å². The molecule has 0 atom stereocenters. The highest BCUT2D eigenvalue weighted by atomic mass is 16.5. The molecule has 0 aromatic carbocycles. The lowest BCUT2D eigenvalue weighted by Crippen LogP contribution is -1.84. The van der Waals surface area contributed by atoms with Gasteiger partial charge in [-0.15, -0.1) is 0 Å². The van der Waals surface area contributed by atoms with Crippen molar-refractivity contribution in [2.24, 2.45) is 0 Å². The van der Waals surface area contributed by atoms with E-state index in [0.29, 0.717) is 12.3 Å². The summed E-state index contributed by atoms with van der Waals surface area (Å²) in [6.45, 7) is 3.67. The molecule has 1 aromatic rings. The van der Waals surface area contributed by atoms with Gasteiger partial charge in [0.25, 0.3) is 0 Å². The SMILES string of the molecule is C=C1Cc2nccnc2O1. The summed E-state index contributed by atoms with van der Waals surface area (Å²) in [5, 5.41) is 0. The molecule has 0 amide bonds. The first-order chi connectivity index (χ1) is 4.86. The Labute approximate surface area is 58.4 Å². The number of rotatable bonds is 0. The van der Waals surface area contributed by atoms with Gasteiger partial charge in [-0.2, -0.15) is 0 Å². The highest BCUT2D eigenvalue weighted by molar-refractivity contribution is 5.28. The zero-order valence-electron chi connectivity index (χ0n) is 5.37. The number of ether oxygens (including phenoxy) is 1.